The Bertz CT molecular complexity index is 995. The van der Waals surface area contributed by atoms with Crippen molar-refractivity contribution in [2.24, 2.45) is 0 Å². The number of benzene rings is 3. The molecule has 1 aromatic heterocycles. The molecule has 1 N–H and O–H groups in total. The highest BCUT2D eigenvalue weighted by Crippen LogP contribution is 2.25. The van der Waals surface area contributed by atoms with E-state index < -0.39 is 0 Å². The van der Waals surface area contributed by atoms with E-state index in [4.69, 9.17) is 0 Å². The van der Waals surface area contributed by atoms with Gasteiger partial charge in [-0.3, -0.25) is 0 Å². The summed E-state index contributed by atoms with van der Waals surface area (Å²) < 4.78 is 28.3. The van der Waals surface area contributed by atoms with Crippen molar-refractivity contribution in [1.29, 1.82) is 0 Å². The summed E-state index contributed by atoms with van der Waals surface area (Å²) in [5.41, 5.74) is 3.73. The Labute approximate surface area is 149 Å². The fraction of sp³-hybridized carbons (Fsp3) is 0.0952. The molecule has 0 bridgehead atoms. The molecule has 0 aliphatic carbocycles. The number of nitrogens with zero attached hydrogens (tertiary/aromatic N) is 2. The first-order valence-electron chi connectivity index (χ1n) is 8.35. The van der Waals surface area contributed by atoms with Crippen molar-refractivity contribution in [1.82, 2.24) is 9.97 Å². The van der Waals surface area contributed by atoms with Crippen molar-refractivity contribution in [2.45, 2.75) is 13.1 Å². The van der Waals surface area contributed by atoms with Gasteiger partial charge in [-0.2, -0.15) is 0 Å². The highest BCUT2D eigenvalue weighted by molar-refractivity contribution is 5.79. The first-order valence-corrected chi connectivity index (χ1v) is 8.35. The summed E-state index contributed by atoms with van der Waals surface area (Å²) in [4.78, 5) is 9.26. The monoisotopic (exact) mass is 349 g/mol. The number of nitrogens with one attached hydrogen (secondary N) is 1. The molecule has 4 aromatic rings. The van der Waals surface area contributed by atoms with Crippen molar-refractivity contribution in [2.75, 3.05) is 4.90 Å². The van der Waals surface area contributed by atoms with Crippen LogP contribution in [0, 0.1) is 11.6 Å². The van der Waals surface area contributed by atoms with Crippen LogP contribution < -0.4 is 4.90 Å². The van der Waals surface area contributed by atoms with E-state index >= 15 is 0 Å². The molecule has 1 heterocycles. The second-order valence-corrected chi connectivity index (χ2v) is 6.14. The summed E-state index contributed by atoms with van der Waals surface area (Å²) in [5.74, 6) is -0.540. The molecule has 26 heavy (non-hydrogen) atoms. The Morgan fingerprint density at radius 3 is 2.04 bits per heavy atom. The Balaban J connectivity index is 1.72. The molecular weight excluding hydrogens is 332 g/mol. The van der Waals surface area contributed by atoms with Gasteiger partial charge in [0.1, 0.15) is 11.6 Å². The van der Waals surface area contributed by atoms with Gasteiger partial charge in [0.25, 0.3) is 0 Å². The van der Waals surface area contributed by atoms with Crippen molar-refractivity contribution in [3.63, 3.8) is 0 Å². The van der Waals surface area contributed by atoms with Gasteiger partial charge in [0.05, 0.1) is 17.4 Å². The van der Waals surface area contributed by atoms with Gasteiger partial charge in [-0.1, -0.05) is 36.4 Å². The molecule has 4 rings (SSSR count). The van der Waals surface area contributed by atoms with E-state index in [1.165, 1.54) is 12.1 Å². The quantitative estimate of drug-likeness (QED) is 0.547. The number of aromatic amines is 1. The number of H-pyrrole nitrogens is 1. The zero-order chi connectivity index (χ0) is 17.9. The van der Waals surface area contributed by atoms with Crippen LogP contribution in [-0.2, 0) is 13.1 Å². The average Bonchev–Trinajstić information content (AvgIpc) is 3.12. The molecule has 130 valence electrons. The molecule has 0 saturated heterocycles. The minimum absolute atomic E-state index is 0.270. The molecule has 0 spiro atoms. The summed E-state index contributed by atoms with van der Waals surface area (Å²) >= 11 is 0. The van der Waals surface area contributed by atoms with Crippen LogP contribution in [0.2, 0.25) is 0 Å². The lowest BCUT2D eigenvalue weighted by Crippen LogP contribution is -2.23. The van der Waals surface area contributed by atoms with Crippen LogP contribution in [0.1, 0.15) is 11.1 Å². The van der Waals surface area contributed by atoms with Crippen LogP contribution in [0.3, 0.4) is 0 Å². The number of halogens is 2. The van der Waals surface area contributed by atoms with Gasteiger partial charge in [0.2, 0.25) is 0 Å². The average molecular weight is 349 g/mol. The molecule has 0 atom stereocenters. The minimum atomic E-state index is -0.270. The second-order valence-electron chi connectivity index (χ2n) is 6.14. The largest absolute Gasteiger partial charge is 0.363 e. The van der Waals surface area contributed by atoms with Crippen LogP contribution in [0.4, 0.5) is 14.5 Å². The Morgan fingerprint density at radius 2 is 1.42 bits per heavy atom. The maximum Gasteiger partial charge on any atom is 0.128 e. The third kappa shape index (κ3) is 3.28. The number of anilines is 1. The molecule has 5 heteroatoms. The van der Waals surface area contributed by atoms with Crippen LogP contribution in [0.5, 0.6) is 0 Å². The Morgan fingerprint density at radius 1 is 0.808 bits per heavy atom. The summed E-state index contributed by atoms with van der Waals surface area (Å²) in [7, 11) is 0. The number of hydrogen-bond acceptors (Lipinski definition) is 2. The van der Waals surface area contributed by atoms with Gasteiger partial charge >= 0.3 is 0 Å². The number of fused-ring (bicyclic) bond motifs is 1. The first-order chi connectivity index (χ1) is 12.7. The molecule has 0 aliphatic rings. The molecule has 0 fully saturated rings. The lowest BCUT2D eigenvalue weighted by molar-refractivity contribution is 0.591. The fourth-order valence-corrected chi connectivity index (χ4v) is 3.02. The van der Waals surface area contributed by atoms with Gasteiger partial charge in [-0.05, 0) is 30.3 Å². The van der Waals surface area contributed by atoms with Crippen molar-refractivity contribution < 1.29 is 8.78 Å². The minimum Gasteiger partial charge on any atom is -0.363 e. The lowest BCUT2D eigenvalue weighted by Gasteiger charge is -2.25. The van der Waals surface area contributed by atoms with E-state index in [1.807, 2.05) is 23.1 Å². The predicted molar refractivity (Wildman–Crippen MR) is 98.8 cm³/mol. The van der Waals surface area contributed by atoms with Crippen molar-refractivity contribution in [3.8, 4) is 0 Å². The highest BCUT2D eigenvalue weighted by atomic mass is 19.1. The smallest absolute Gasteiger partial charge is 0.128 e. The van der Waals surface area contributed by atoms with Gasteiger partial charge in [0.15, 0.2) is 0 Å². The number of rotatable bonds is 5. The zero-order valence-electron chi connectivity index (χ0n) is 14.0. The SMILES string of the molecule is Fc1ccccc1CN(Cc1ccccc1F)c1ccc2nc[nH]c2c1. The maximum absolute atomic E-state index is 14.2. The standard InChI is InChI=1S/C21H17F2N3/c22-18-7-3-1-5-15(18)12-26(13-16-6-2-4-8-19(16)23)17-9-10-20-21(11-17)25-14-24-20/h1-11,14H,12-13H2,(H,24,25). The highest BCUT2D eigenvalue weighted by Gasteiger charge is 2.14. The predicted octanol–water partition coefficient (Wildman–Crippen LogP) is 5.05. The molecule has 0 amide bonds. The van der Waals surface area contributed by atoms with Gasteiger partial charge in [-0.15, -0.1) is 0 Å². The molecule has 0 aliphatic heterocycles. The second kappa shape index (κ2) is 6.96. The van der Waals surface area contributed by atoms with Crippen LogP contribution in [0.25, 0.3) is 11.0 Å². The van der Waals surface area contributed by atoms with Crippen molar-refractivity contribution in [3.05, 3.63) is 95.8 Å². The molecule has 3 aromatic carbocycles. The van der Waals surface area contributed by atoms with Gasteiger partial charge < -0.3 is 9.88 Å². The van der Waals surface area contributed by atoms with Crippen LogP contribution in [0.15, 0.2) is 73.1 Å². The van der Waals surface area contributed by atoms with Gasteiger partial charge in [-0.25, -0.2) is 13.8 Å². The lowest BCUT2D eigenvalue weighted by atomic mass is 10.1. The van der Waals surface area contributed by atoms with E-state index in [0.717, 1.165) is 16.7 Å². The topological polar surface area (TPSA) is 31.9 Å². The third-order valence-corrected chi connectivity index (χ3v) is 4.41. The molecule has 3 nitrogen and oxygen atoms in total. The van der Waals surface area contributed by atoms with E-state index in [9.17, 15) is 8.78 Å². The molecule has 0 radical (unpaired) electrons. The molecule has 0 saturated carbocycles. The van der Waals surface area contributed by atoms with E-state index in [0.29, 0.717) is 24.2 Å². The summed E-state index contributed by atoms with van der Waals surface area (Å²) in [6, 6.07) is 19.1. The normalized spacial score (nSPS) is 11.0. The van der Waals surface area contributed by atoms with Crippen molar-refractivity contribution >= 4 is 16.7 Å². The number of imidazole rings is 1. The fourth-order valence-electron chi connectivity index (χ4n) is 3.02. The molecule has 0 unspecified atom stereocenters. The first kappa shape index (κ1) is 16.3. The van der Waals surface area contributed by atoms with Gasteiger partial charge in [0, 0.05) is 29.9 Å². The summed E-state index contributed by atoms with van der Waals surface area (Å²) in [5, 5.41) is 0. The number of hydrogen-bond donors (Lipinski definition) is 1. The third-order valence-electron chi connectivity index (χ3n) is 4.41. The Hall–Kier alpha value is -3.21. The summed E-state index contributed by atoms with van der Waals surface area (Å²) in [6.45, 7) is 0.668. The zero-order valence-corrected chi connectivity index (χ0v) is 14.0. The van der Waals surface area contributed by atoms with E-state index in [2.05, 4.69) is 9.97 Å². The van der Waals surface area contributed by atoms with E-state index in [1.54, 1.807) is 42.7 Å². The Kier molecular flexibility index (Phi) is 4.35. The van der Waals surface area contributed by atoms with Crippen LogP contribution in [-0.4, -0.2) is 9.97 Å². The molecular formula is C21H17F2N3. The van der Waals surface area contributed by atoms with E-state index in [-0.39, 0.29) is 11.6 Å². The number of aromatic nitrogens is 2. The maximum atomic E-state index is 14.2. The van der Waals surface area contributed by atoms with Crippen LogP contribution >= 0.6 is 0 Å². The summed E-state index contributed by atoms with van der Waals surface area (Å²) in [6.07, 6.45) is 1.63.